The number of carbonyl (C=O) groups excluding carboxylic acids is 3. The van der Waals surface area contributed by atoms with E-state index in [-0.39, 0.29) is 23.8 Å². The van der Waals surface area contributed by atoms with Crippen molar-refractivity contribution in [3.8, 4) is 0 Å². The molecule has 2 aromatic rings. The van der Waals surface area contributed by atoms with E-state index in [0.717, 1.165) is 19.3 Å². The molecule has 1 aliphatic carbocycles. The van der Waals surface area contributed by atoms with Crippen molar-refractivity contribution in [2.24, 2.45) is 5.92 Å². The Morgan fingerprint density at radius 3 is 2.30 bits per heavy atom. The highest BCUT2D eigenvalue weighted by Crippen LogP contribution is 2.26. The Balaban J connectivity index is 1.51. The van der Waals surface area contributed by atoms with Gasteiger partial charge in [0, 0.05) is 23.3 Å². The fourth-order valence-electron chi connectivity index (χ4n) is 3.64. The van der Waals surface area contributed by atoms with E-state index in [2.05, 4.69) is 36.9 Å². The standard InChI is InChI=1S/C24H29BrN4O4/c1-24(2,3)33-23(32)28-18-7-4-6-15(14-18)21(30)26-16-10-12-17(13-11-16)27-22(31)19-8-5-9-20(25)29-19/h5,8-13,15,18H,4,6-7,14H2,1-3H3,(H,26,30)(H,27,31)(H,28,32). The summed E-state index contributed by atoms with van der Waals surface area (Å²) in [5.74, 6) is -0.597. The summed E-state index contributed by atoms with van der Waals surface area (Å²) in [6, 6.07) is 11.9. The maximum absolute atomic E-state index is 12.8. The molecule has 9 heteroatoms. The molecular weight excluding hydrogens is 488 g/mol. The molecule has 2 atom stereocenters. The molecule has 1 fully saturated rings. The second-order valence-corrected chi connectivity index (χ2v) is 9.89. The van der Waals surface area contributed by atoms with Crippen molar-refractivity contribution in [1.29, 1.82) is 0 Å². The smallest absolute Gasteiger partial charge is 0.407 e. The minimum atomic E-state index is -0.560. The van der Waals surface area contributed by atoms with Gasteiger partial charge in [-0.05, 0) is 92.4 Å². The van der Waals surface area contributed by atoms with Gasteiger partial charge in [-0.1, -0.05) is 12.5 Å². The third-order valence-electron chi connectivity index (χ3n) is 5.12. The Kier molecular flexibility index (Phi) is 8.07. The Morgan fingerprint density at radius 2 is 1.67 bits per heavy atom. The molecule has 1 aromatic heterocycles. The molecular formula is C24H29BrN4O4. The van der Waals surface area contributed by atoms with Crippen molar-refractivity contribution in [1.82, 2.24) is 10.3 Å². The van der Waals surface area contributed by atoms with E-state index in [0.29, 0.717) is 28.1 Å². The van der Waals surface area contributed by atoms with Crippen molar-refractivity contribution in [2.75, 3.05) is 10.6 Å². The molecule has 3 amide bonds. The van der Waals surface area contributed by atoms with Crippen LogP contribution in [0.15, 0.2) is 47.1 Å². The summed E-state index contributed by atoms with van der Waals surface area (Å²) >= 11 is 3.25. The van der Waals surface area contributed by atoms with Crippen LogP contribution in [0.4, 0.5) is 16.2 Å². The molecule has 2 unspecified atom stereocenters. The lowest BCUT2D eigenvalue weighted by atomic mass is 9.85. The molecule has 33 heavy (non-hydrogen) atoms. The third kappa shape index (κ3) is 7.85. The number of benzene rings is 1. The van der Waals surface area contributed by atoms with Gasteiger partial charge in [0.05, 0.1) is 0 Å². The number of aromatic nitrogens is 1. The number of carbonyl (C=O) groups is 3. The Hall–Kier alpha value is -2.94. The lowest BCUT2D eigenvalue weighted by Gasteiger charge is -2.30. The van der Waals surface area contributed by atoms with E-state index in [1.165, 1.54) is 0 Å². The van der Waals surface area contributed by atoms with E-state index in [1.54, 1.807) is 42.5 Å². The number of nitrogens with zero attached hydrogens (tertiary/aromatic N) is 1. The summed E-state index contributed by atoms with van der Waals surface area (Å²) in [5.41, 5.74) is 0.976. The predicted molar refractivity (Wildman–Crippen MR) is 130 cm³/mol. The molecule has 0 bridgehead atoms. The van der Waals surface area contributed by atoms with Gasteiger partial charge in [0.25, 0.3) is 5.91 Å². The Morgan fingerprint density at radius 1 is 1.00 bits per heavy atom. The summed E-state index contributed by atoms with van der Waals surface area (Å²) in [4.78, 5) is 41.3. The van der Waals surface area contributed by atoms with Crippen LogP contribution in [-0.4, -0.2) is 34.5 Å². The normalized spacial score (nSPS) is 18.2. The molecule has 0 saturated heterocycles. The van der Waals surface area contributed by atoms with E-state index in [1.807, 2.05) is 20.8 Å². The molecule has 176 valence electrons. The lowest BCUT2D eigenvalue weighted by molar-refractivity contribution is -0.121. The van der Waals surface area contributed by atoms with Crippen LogP contribution in [0.3, 0.4) is 0 Å². The van der Waals surface area contributed by atoms with Gasteiger partial charge in [-0.2, -0.15) is 0 Å². The van der Waals surface area contributed by atoms with E-state index >= 15 is 0 Å². The molecule has 8 nitrogen and oxygen atoms in total. The Bertz CT molecular complexity index is 1000. The summed E-state index contributed by atoms with van der Waals surface area (Å²) in [6.07, 6.45) is 2.56. The predicted octanol–water partition coefficient (Wildman–Crippen LogP) is 5.12. The first kappa shape index (κ1) is 24.7. The third-order valence-corrected chi connectivity index (χ3v) is 5.57. The second-order valence-electron chi connectivity index (χ2n) is 9.07. The van der Waals surface area contributed by atoms with Crippen LogP contribution in [0.1, 0.15) is 56.9 Å². The van der Waals surface area contributed by atoms with Crippen LogP contribution < -0.4 is 16.0 Å². The molecule has 0 aliphatic heterocycles. The van der Waals surface area contributed by atoms with Crippen LogP contribution >= 0.6 is 15.9 Å². The maximum Gasteiger partial charge on any atom is 0.407 e. The number of rotatable bonds is 5. The number of amides is 3. The number of hydrogen-bond acceptors (Lipinski definition) is 5. The first-order valence-corrected chi connectivity index (χ1v) is 11.7. The highest BCUT2D eigenvalue weighted by molar-refractivity contribution is 9.10. The van der Waals surface area contributed by atoms with Crippen LogP contribution in [0.5, 0.6) is 0 Å². The molecule has 1 aromatic carbocycles. The highest BCUT2D eigenvalue weighted by atomic mass is 79.9. The molecule has 1 aliphatic rings. The van der Waals surface area contributed by atoms with Crippen LogP contribution in [0, 0.1) is 5.92 Å². The maximum atomic E-state index is 12.8. The lowest BCUT2D eigenvalue weighted by Crippen LogP contribution is -2.43. The zero-order valence-electron chi connectivity index (χ0n) is 19.0. The van der Waals surface area contributed by atoms with E-state index in [4.69, 9.17) is 4.74 Å². The van der Waals surface area contributed by atoms with Gasteiger partial charge in [0.2, 0.25) is 5.91 Å². The SMILES string of the molecule is CC(C)(C)OC(=O)NC1CCCC(C(=O)Nc2ccc(NC(=O)c3cccc(Br)n3)cc2)C1. The number of halogens is 1. The number of pyridine rings is 1. The topological polar surface area (TPSA) is 109 Å². The van der Waals surface area contributed by atoms with Gasteiger partial charge in [-0.15, -0.1) is 0 Å². The monoisotopic (exact) mass is 516 g/mol. The number of anilines is 2. The molecule has 1 heterocycles. The first-order chi connectivity index (χ1) is 15.6. The van der Waals surface area contributed by atoms with Crippen molar-refractivity contribution < 1.29 is 19.1 Å². The van der Waals surface area contributed by atoms with E-state index in [9.17, 15) is 14.4 Å². The zero-order chi connectivity index (χ0) is 24.0. The molecule has 0 spiro atoms. The van der Waals surface area contributed by atoms with Gasteiger partial charge < -0.3 is 20.7 Å². The minimum Gasteiger partial charge on any atom is -0.444 e. The summed E-state index contributed by atoms with van der Waals surface area (Å²) in [7, 11) is 0. The second kappa shape index (κ2) is 10.8. The van der Waals surface area contributed by atoms with Crippen LogP contribution in [0.25, 0.3) is 0 Å². The van der Waals surface area contributed by atoms with Gasteiger partial charge in [-0.25, -0.2) is 9.78 Å². The average Bonchev–Trinajstić information content (AvgIpc) is 2.74. The van der Waals surface area contributed by atoms with Gasteiger partial charge in [-0.3, -0.25) is 9.59 Å². The zero-order valence-corrected chi connectivity index (χ0v) is 20.6. The van der Waals surface area contributed by atoms with Gasteiger partial charge in [0.15, 0.2) is 0 Å². The fourth-order valence-corrected chi connectivity index (χ4v) is 3.99. The van der Waals surface area contributed by atoms with Crippen LogP contribution in [-0.2, 0) is 9.53 Å². The molecule has 3 N–H and O–H groups in total. The molecule has 3 rings (SSSR count). The molecule has 1 saturated carbocycles. The number of hydrogen-bond donors (Lipinski definition) is 3. The summed E-state index contributed by atoms with van der Waals surface area (Å²) < 4.78 is 5.90. The van der Waals surface area contributed by atoms with Crippen molar-refractivity contribution in [2.45, 2.75) is 58.1 Å². The van der Waals surface area contributed by atoms with Gasteiger partial charge >= 0.3 is 6.09 Å². The highest BCUT2D eigenvalue weighted by Gasteiger charge is 2.29. The van der Waals surface area contributed by atoms with Gasteiger partial charge in [0.1, 0.15) is 15.9 Å². The Labute approximate surface area is 202 Å². The summed E-state index contributed by atoms with van der Waals surface area (Å²) in [6.45, 7) is 5.45. The quantitative estimate of drug-likeness (QED) is 0.477. The number of nitrogens with one attached hydrogen (secondary N) is 3. The van der Waals surface area contributed by atoms with E-state index < -0.39 is 11.7 Å². The first-order valence-electron chi connectivity index (χ1n) is 10.9. The fraction of sp³-hybridized carbons (Fsp3) is 0.417. The summed E-state index contributed by atoms with van der Waals surface area (Å²) in [5, 5.41) is 8.59. The van der Waals surface area contributed by atoms with Crippen molar-refractivity contribution in [3.05, 3.63) is 52.8 Å². The van der Waals surface area contributed by atoms with Crippen molar-refractivity contribution >= 4 is 45.2 Å². The number of alkyl carbamates (subject to hydrolysis) is 1. The number of ether oxygens (including phenoxy) is 1. The van der Waals surface area contributed by atoms with Crippen molar-refractivity contribution in [3.63, 3.8) is 0 Å². The minimum absolute atomic E-state index is 0.0826. The molecule has 0 radical (unpaired) electrons. The van der Waals surface area contributed by atoms with Crippen LogP contribution in [0.2, 0.25) is 0 Å². The largest absolute Gasteiger partial charge is 0.444 e. The average molecular weight is 517 g/mol.